The smallest absolute Gasteiger partial charge is 0.234 e. The average Bonchev–Trinajstić information content (AvgIpc) is 2.52. The van der Waals surface area contributed by atoms with Gasteiger partial charge in [0.1, 0.15) is 5.82 Å². The first-order valence-electron chi connectivity index (χ1n) is 7.13. The Kier molecular flexibility index (Phi) is 6.63. The summed E-state index contributed by atoms with van der Waals surface area (Å²) in [6.07, 6.45) is 0. The molecule has 0 bridgehead atoms. The van der Waals surface area contributed by atoms with E-state index in [1.807, 2.05) is 0 Å². The van der Waals surface area contributed by atoms with Gasteiger partial charge in [-0.3, -0.25) is 9.59 Å². The van der Waals surface area contributed by atoms with Crippen LogP contribution in [0.4, 0.5) is 15.8 Å². The van der Waals surface area contributed by atoms with E-state index in [-0.39, 0.29) is 29.1 Å². The van der Waals surface area contributed by atoms with E-state index in [4.69, 9.17) is 11.6 Å². The van der Waals surface area contributed by atoms with Crippen molar-refractivity contribution in [2.45, 2.75) is 6.92 Å². The van der Waals surface area contributed by atoms with Gasteiger partial charge in [0.25, 0.3) is 0 Å². The maximum atomic E-state index is 13.0. The highest BCUT2D eigenvalue weighted by Gasteiger charge is 2.08. The maximum absolute atomic E-state index is 13.0. The van der Waals surface area contributed by atoms with Gasteiger partial charge in [-0.25, -0.2) is 4.39 Å². The third-order valence-electron chi connectivity index (χ3n) is 3.06. The number of carbonyl (C=O) groups excluding carboxylic acids is 2. The van der Waals surface area contributed by atoms with Gasteiger partial charge in [0.05, 0.1) is 11.5 Å². The summed E-state index contributed by atoms with van der Waals surface area (Å²) < 4.78 is 13.0. The lowest BCUT2D eigenvalue weighted by Crippen LogP contribution is -2.18. The van der Waals surface area contributed by atoms with Crippen molar-refractivity contribution < 1.29 is 14.0 Å². The molecular formula is C17H16ClFN2O2S. The Morgan fingerprint density at radius 2 is 1.67 bits per heavy atom. The number of amides is 2. The zero-order valence-electron chi connectivity index (χ0n) is 12.9. The lowest BCUT2D eigenvalue weighted by atomic mass is 10.2. The van der Waals surface area contributed by atoms with Crippen molar-refractivity contribution in [3.63, 3.8) is 0 Å². The van der Waals surface area contributed by atoms with Crippen LogP contribution in [-0.2, 0) is 9.59 Å². The summed E-state index contributed by atoms with van der Waals surface area (Å²) in [5.41, 5.74) is 1.86. The molecule has 126 valence electrons. The molecule has 24 heavy (non-hydrogen) atoms. The van der Waals surface area contributed by atoms with E-state index >= 15 is 0 Å². The third-order valence-corrected chi connectivity index (χ3v) is 4.24. The van der Waals surface area contributed by atoms with E-state index in [1.165, 1.54) is 30.0 Å². The Morgan fingerprint density at radius 3 is 2.29 bits per heavy atom. The second-order valence-electron chi connectivity index (χ2n) is 5.06. The van der Waals surface area contributed by atoms with E-state index in [2.05, 4.69) is 10.6 Å². The standard InChI is InChI=1S/C17H16ClFN2O2S/c1-11-8-13(19)4-7-15(11)21-17(23)10-24-9-16(22)20-14-5-2-12(18)3-6-14/h2-8H,9-10H2,1H3,(H,20,22)(H,21,23). The molecule has 2 aromatic carbocycles. The van der Waals surface area contributed by atoms with Crippen molar-refractivity contribution in [3.05, 3.63) is 58.9 Å². The van der Waals surface area contributed by atoms with Gasteiger partial charge >= 0.3 is 0 Å². The summed E-state index contributed by atoms with van der Waals surface area (Å²) in [6.45, 7) is 1.71. The van der Waals surface area contributed by atoms with Gasteiger partial charge < -0.3 is 10.6 Å². The zero-order chi connectivity index (χ0) is 17.5. The van der Waals surface area contributed by atoms with E-state index in [0.29, 0.717) is 22.0 Å². The molecule has 2 rings (SSSR count). The molecule has 0 saturated heterocycles. The van der Waals surface area contributed by atoms with Gasteiger partial charge in [-0.2, -0.15) is 0 Å². The molecule has 0 aliphatic carbocycles. The van der Waals surface area contributed by atoms with Crippen LogP contribution >= 0.6 is 23.4 Å². The largest absolute Gasteiger partial charge is 0.325 e. The van der Waals surface area contributed by atoms with E-state index < -0.39 is 0 Å². The van der Waals surface area contributed by atoms with Gasteiger partial charge in [0, 0.05) is 16.4 Å². The van der Waals surface area contributed by atoms with Crippen LogP contribution in [0, 0.1) is 12.7 Å². The Hall–Kier alpha value is -2.05. The second-order valence-corrected chi connectivity index (χ2v) is 6.48. The van der Waals surface area contributed by atoms with Crippen molar-refractivity contribution in [1.82, 2.24) is 0 Å². The van der Waals surface area contributed by atoms with Gasteiger partial charge in [0.15, 0.2) is 0 Å². The van der Waals surface area contributed by atoms with Gasteiger partial charge in [-0.15, -0.1) is 11.8 Å². The van der Waals surface area contributed by atoms with Crippen molar-refractivity contribution >= 4 is 46.6 Å². The van der Waals surface area contributed by atoms with Crippen LogP contribution in [0.15, 0.2) is 42.5 Å². The van der Waals surface area contributed by atoms with Crippen LogP contribution in [-0.4, -0.2) is 23.3 Å². The van der Waals surface area contributed by atoms with Crippen LogP contribution in [0.1, 0.15) is 5.56 Å². The van der Waals surface area contributed by atoms with Crippen molar-refractivity contribution in [2.75, 3.05) is 22.1 Å². The highest BCUT2D eigenvalue weighted by Crippen LogP contribution is 2.16. The van der Waals surface area contributed by atoms with Crippen molar-refractivity contribution in [3.8, 4) is 0 Å². The first-order valence-corrected chi connectivity index (χ1v) is 8.66. The number of nitrogens with one attached hydrogen (secondary N) is 2. The predicted octanol–water partition coefficient (Wildman–Crippen LogP) is 4.10. The molecule has 0 aliphatic heterocycles. The molecule has 2 N–H and O–H groups in total. The van der Waals surface area contributed by atoms with E-state index in [0.717, 1.165) is 0 Å². The number of hydrogen-bond acceptors (Lipinski definition) is 3. The molecule has 2 amide bonds. The minimum atomic E-state index is -0.348. The number of anilines is 2. The quantitative estimate of drug-likeness (QED) is 0.809. The average molecular weight is 367 g/mol. The number of halogens is 2. The zero-order valence-corrected chi connectivity index (χ0v) is 14.5. The van der Waals surface area contributed by atoms with Gasteiger partial charge in [0.2, 0.25) is 11.8 Å². The van der Waals surface area contributed by atoms with Crippen LogP contribution in [0.5, 0.6) is 0 Å². The lowest BCUT2D eigenvalue weighted by Gasteiger charge is -2.08. The van der Waals surface area contributed by atoms with Crippen molar-refractivity contribution in [1.29, 1.82) is 0 Å². The minimum Gasteiger partial charge on any atom is -0.325 e. The van der Waals surface area contributed by atoms with Crippen LogP contribution < -0.4 is 10.6 Å². The first-order chi connectivity index (χ1) is 11.4. The molecule has 0 fully saturated rings. The van der Waals surface area contributed by atoms with E-state index in [1.54, 1.807) is 31.2 Å². The Bertz CT molecular complexity index is 738. The van der Waals surface area contributed by atoms with Crippen LogP contribution in [0.3, 0.4) is 0 Å². The molecule has 4 nitrogen and oxygen atoms in total. The van der Waals surface area contributed by atoms with Crippen LogP contribution in [0.25, 0.3) is 0 Å². The Balaban J connectivity index is 1.73. The molecule has 2 aromatic rings. The second kappa shape index (κ2) is 8.70. The number of thioether (sulfide) groups is 1. The van der Waals surface area contributed by atoms with Crippen LogP contribution in [0.2, 0.25) is 5.02 Å². The maximum Gasteiger partial charge on any atom is 0.234 e. The minimum absolute atomic E-state index is 0.130. The summed E-state index contributed by atoms with van der Waals surface area (Å²) in [6, 6.07) is 10.9. The highest BCUT2D eigenvalue weighted by atomic mass is 35.5. The predicted molar refractivity (Wildman–Crippen MR) is 97.2 cm³/mol. The summed E-state index contributed by atoms with van der Waals surface area (Å²) in [7, 11) is 0. The number of aryl methyl sites for hydroxylation is 1. The summed E-state index contributed by atoms with van der Waals surface area (Å²) in [4.78, 5) is 23.6. The fourth-order valence-corrected chi connectivity index (χ4v) is 2.66. The molecule has 0 radical (unpaired) electrons. The topological polar surface area (TPSA) is 58.2 Å². The molecular weight excluding hydrogens is 351 g/mol. The summed E-state index contributed by atoms with van der Waals surface area (Å²) in [5, 5.41) is 6.00. The first kappa shape index (κ1) is 18.3. The number of rotatable bonds is 6. The normalized spacial score (nSPS) is 10.3. The SMILES string of the molecule is Cc1cc(F)ccc1NC(=O)CSCC(=O)Nc1ccc(Cl)cc1. The molecule has 0 atom stereocenters. The molecule has 0 unspecified atom stereocenters. The lowest BCUT2D eigenvalue weighted by molar-refractivity contribution is -0.114. The summed E-state index contributed by atoms with van der Waals surface area (Å²) >= 11 is 6.97. The Morgan fingerprint density at radius 1 is 1.04 bits per heavy atom. The highest BCUT2D eigenvalue weighted by molar-refractivity contribution is 8.00. The summed E-state index contributed by atoms with van der Waals surface area (Å²) in [5.74, 6) is -0.510. The molecule has 0 aliphatic rings. The molecule has 7 heteroatoms. The van der Waals surface area contributed by atoms with Gasteiger partial charge in [-0.05, 0) is 55.0 Å². The Labute approximate surface area is 148 Å². The molecule has 0 aromatic heterocycles. The monoisotopic (exact) mass is 366 g/mol. The fraction of sp³-hybridized carbons (Fsp3) is 0.176. The third kappa shape index (κ3) is 5.86. The fourth-order valence-electron chi connectivity index (χ4n) is 1.92. The molecule has 0 spiro atoms. The number of benzene rings is 2. The number of carbonyl (C=O) groups is 2. The van der Waals surface area contributed by atoms with Crippen molar-refractivity contribution in [2.24, 2.45) is 0 Å². The molecule has 0 heterocycles. The molecule has 0 saturated carbocycles. The van der Waals surface area contributed by atoms with Gasteiger partial charge in [-0.1, -0.05) is 11.6 Å². The van der Waals surface area contributed by atoms with E-state index in [9.17, 15) is 14.0 Å². The number of hydrogen-bond donors (Lipinski definition) is 2.